The molecule has 12 heterocycles. The van der Waals surface area contributed by atoms with Crippen molar-refractivity contribution in [3.63, 3.8) is 0 Å². The molecule has 0 aliphatic heterocycles. The monoisotopic (exact) mass is 1420 g/mol. The van der Waals surface area contributed by atoms with Crippen molar-refractivity contribution in [3.8, 4) is 81.3 Å². The summed E-state index contributed by atoms with van der Waals surface area (Å²) in [6, 6.07) is 46.5. The van der Waals surface area contributed by atoms with Crippen LogP contribution in [0.5, 0.6) is 35.3 Å². The summed E-state index contributed by atoms with van der Waals surface area (Å²) in [5.74, 6) is 1.86. The Morgan fingerprint density at radius 3 is 1.35 bits per heavy atom. The van der Waals surface area contributed by atoms with E-state index in [0.29, 0.717) is 62.6 Å². The third-order valence-corrected chi connectivity index (χ3v) is 13.0. The molecule has 472 valence electrons. The summed E-state index contributed by atoms with van der Waals surface area (Å²) in [6.07, 6.45) is 12.8. The Hall–Kier alpha value is -9.56. The minimum atomic E-state index is -4.63. The zero-order chi connectivity index (χ0) is 65.9. The molecular formula is C65H54Al6F3N19O6+12. The molecule has 0 amide bonds. The number of imidazole rings is 1. The van der Waals surface area contributed by atoms with Crippen molar-refractivity contribution in [2.24, 2.45) is 0 Å². The molecule has 0 aliphatic carbocycles. The molecule has 14 rings (SSSR count). The number of nitrogens with zero attached hydrogens (tertiary/aromatic N) is 19. The summed E-state index contributed by atoms with van der Waals surface area (Å²) in [4.78, 5) is 34.3. The summed E-state index contributed by atoms with van der Waals surface area (Å²) < 4.78 is 44.2. The molecule has 0 bridgehead atoms. The van der Waals surface area contributed by atoms with Crippen LogP contribution in [-0.2, 0) is 6.18 Å². The van der Waals surface area contributed by atoms with Crippen molar-refractivity contribution in [2.45, 2.75) is 33.9 Å². The summed E-state index contributed by atoms with van der Waals surface area (Å²) in [6.45, 7) is 9.09. The van der Waals surface area contributed by atoms with Gasteiger partial charge in [0.25, 0.3) is 0 Å². The standard InChI is InChI=1S/C16H18N4O.C14H11N3O.C9H6F3N3O.2C9H9N3O.C8H7N3O.6Al/c1-3-19(4-2)15-16(21)20(11-18-15)14-13-8-6-5-7-12(13)9-10-17-14;18-14-12(11-6-2-1-3-7-11)10-16-17(14)13-8-4-5-9-15-13;10-9(11,12)6-5-8(16)15(14-6)7-3-1-2-4-13-7;2*1-7-6-9(13)12(11-7)8-4-2-3-5-10-8;12-8-2-1-5-11(8)7-6-9-3-4-10-7;;;;;;/h5-11,21H,3-4H2,1-2H3;1-10,18H;1-5,16H;2*2-6,13H,1H3;1-6,12H;;;;;;/q;;;;;;6*+3/p-6. The van der Waals surface area contributed by atoms with E-state index in [4.69, 9.17) is 0 Å². The van der Waals surface area contributed by atoms with Gasteiger partial charge < -0.3 is 40.1 Å². The van der Waals surface area contributed by atoms with Crippen molar-refractivity contribution in [1.29, 1.82) is 0 Å². The third kappa shape index (κ3) is 22.0. The van der Waals surface area contributed by atoms with E-state index in [2.05, 4.69) is 60.3 Å². The third-order valence-electron chi connectivity index (χ3n) is 13.0. The van der Waals surface area contributed by atoms with Gasteiger partial charge in [0.1, 0.15) is 18.0 Å². The first-order valence-electron chi connectivity index (χ1n) is 28.2. The number of halogens is 3. The molecule has 0 N–H and O–H groups in total. The molecule has 0 saturated heterocycles. The van der Waals surface area contributed by atoms with E-state index in [1.54, 1.807) is 131 Å². The number of pyridine rings is 5. The van der Waals surface area contributed by atoms with Gasteiger partial charge in [0.2, 0.25) is 0 Å². The number of hydrogen-bond acceptors (Lipinski definition) is 19. The van der Waals surface area contributed by atoms with Gasteiger partial charge in [0.15, 0.2) is 34.8 Å². The topological polar surface area (TPSA) is 326 Å². The van der Waals surface area contributed by atoms with E-state index < -0.39 is 17.8 Å². The van der Waals surface area contributed by atoms with Gasteiger partial charge in [0.05, 0.1) is 23.8 Å². The van der Waals surface area contributed by atoms with Crippen molar-refractivity contribution >= 4 is 121 Å². The Labute approximate surface area is 630 Å². The normalized spacial score (nSPS) is 10.0. The maximum Gasteiger partial charge on any atom is 3.00 e. The second-order valence-electron chi connectivity index (χ2n) is 19.3. The van der Waals surface area contributed by atoms with Crippen LogP contribution in [0, 0.1) is 13.8 Å². The average molecular weight is 1420 g/mol. The molecule has 0 aliphatic rings. The number of anilines is 1. The van der Waals surface area contributed by atoms with Gasteiger partial charge in [-0.2, -0.15) is 33.6 Å². The van der Waals surface area contributed by atoms with Crippen LogP contribution in [0.3, 0.4) is 0 Å². The number of alkyl halides is 3. The first-order chi connectivity index (χ1) is 45.0. The fourth-order valence-electron chi connectivity index (χ4n) is 8.66. The molecule has 0 unspecified atom stereocenters. The van der Waals surface area contributed by atoms with Crippen molar-refractivity contribution in [2.75, 3.05) is 18.0 Å². The summed E-state index contributed by atoms with van der Waals surface area (Å²) >= 11 is 0. The predicted octanol–water partition coefficient (Wildman–Crippen LogP) is 5.06. The maximum atomic E-state index is 12.6. The number of fused-ring (bicyclic) bond motifs is 1. The number of aryl methyl sites for hydroxylation is 2. The molecule has 99 heavy (non-hydrogen) atoms. The number of benzene rings is 2. The Morgan fingerprint density at radius 2 is 0.909 bits per heavy atom. The van der Waals surface area contributed by atoms with E-state index in [0.717, 1.165) is 29.4 Å². The summed E-state index contributed by atoms with van der Waals surface area (Å²) in [5.41, 5.74) is 1.64. The Kier molecular flexibility index (Phi) is 34.1. The van der Waals surface area contributed by atoms with E-state index in [-0.39, 0.29) is 139 Å². The summed E-state index contributed by atoms with van der Waals surface area (Å²) in [7, 11) is 0. The minimum Gasteiger partial charge on any atom is -0.860 e. The van der Waals surface area contributed by atoms with Crippen LogP contribution in [0.4, 0.5) is 19.0 Å². The Balaban J connectivity index is 0.000000308. The van der Waals surface area contributed by atoms with Crippen LogP contribution in [0.1, 0.15) is 30.9 Å². The largest absolute Gasteiger partial charge is 3.00 e. The average Bonchev–Trinajstić information content (AvgIpc) is 1.75. The fourth-order valence-corrected chi connectivity index (χ4v) is 8.66. The zero-order valence-corrected chi connectivity index (χ0v) is 60.3. The number of rotatable bonds is 10. The summed E-state index contributed by atoms with van der Waals surface area (Å²) in [5, 5.41) is 87.1. The fraction of sp³-hybridized carbons (Fsp3) is 0.108. The maximum absolute atomic E-state index is 12.6. The van der Waals surface area contributed by atoms with Gasteiger partial charge in [-0.15, -0.1) is 0 Å². The van der Waals surface area contributed by atoms with Crippen molar-refractivity contribution in [3.05, 3.63) is 249 Å². The molecule has 12 aromatic heterocycles. The molecular weight excluding hydrogens is 1360 g/mol. The number of hydrogen-bond donors (Lipinski definition) is 0. The smallest absolute Gasteiger partial charge is 0.860 e. The molecule has 0 fully saturated rings. The molecule has 25 nitrogen and oxygen atoms in total. The molecule has 0 atom stereocenters. The van der Waals surface area contributed by atoms with Crippen molar-refractivity contribution in [1.82, 2.24) is 88.1 Å². The molecule has 0 radical (unpaired) electrons. The van der Waals surface area contributed by atoms with Crippen LogP contribution in [-0.4, -0.2) is 205 Å². The molecule has 14 aromatic rings. The minimum absolute atomic E-state index is 0. The second-order valence-corrected chi connectivity index (χ2v) is 19.3. The van der Waals surface area contributed by atoms with Gasteiger partial charge in [-0.1, -0.05) is 84.9 Å². The Morgan fingerprint density at radius 1 is 0.424 bits per heavy atom. The first kappa shape index (κ1) is 83.7. The SMILES string of the molecule is CCN(CC)c1ncn(-c2nccc3ccccc23)c1[O-].Cc1cc([O-])n(-c2ccccn2)n1.Cc1cc([O-])n(-c2ccccn2)n1.[Al+3].[Al+3].[Al+3].[Al+3].[Al+3].[Al+3].[O-]c1c(-c2ccccc2)cnn1-c1ccccn1.[O-]c1cc(C(F)(F)F)nn1-c1ccccn1.[O-]c1cccn1-c1cnccn1. The predicted molar refractivity (Wildman–Crippen MR) is 360 cm³/mol. The van der Waals surface area contributed by atoms with E-state index in [9.17, 15) is 43.8 Å². The van der Waals surface area contributed by atoms with Gasteiger partial charge in [-0.05, 0) is 141 Å². The molecule has 0 spiro atoms. The van der Waals surface area contributed by atoms with Crippen LogP contribution in [0.15, 0.2) is 232 Å². The van der Waals surface area contributed by atoms with Crippen molar-refractivity contribution < 1.29 is 43.8 Å². The van der Waals surface area contributed by atoms with E-state index in [1.165, 1.54) is 53.6 Å². The van der Waals surface area contributed by atoms with E-state index >= 15 is 0 Å². The zero-order valence-electron chi connectivity index (χ0n) is 53.4. The van der Waals surface area contributed by atoms with Gasteiger partial charge in [-0.3, -0.25) is 9.55 Å². The van der Waals surface area contributed by atoms with Gasteiger partial charge in [0, 0.05) is 85.4 Å². The molecule has 2 aromatic carbocycles. The second kappa shape index (κ2) is 40.4. The van der Waals surface area contributed by atoms with Gasteiger partial charge >= 0.3 is 110 Å². The van der Waals surface area contributed by atoms with E-state index in [1.807, 2.05) is 97.6 Å². The van der Waals surface area contributed by atoms with Crippen LogP contribution < -0.4 is 35.5 Å². The van der Waals surface area contributed by atoms with Crippen LogP contribution in [0.25, 0.3) is 56.8 Å². The number of aromatic nitrogens is 18. The molecule has 0 saturated carbocycles. The van der Waals surface area contributed by atoms with Gasteiger partial charge in [-0.25, -0.2) is 53.6 Å². The Bertz CT molecular complexity index is 4470. The van der Waals surface area contributed by atoms with Crippen LogP contribution in [0.2, 0.25) is 0 Å². The van der Waals surface area contributed by atoms with Crippen LogP contribution >= 0.6 is 0 Å². The quantitative estimate of drug-likeness (QED) is 0.161. The molecule has 34 heteroatoms. The first-order valence-corrected chi connectivity index (χ1v) is 28.2.